The molecule has 0 bridgehead atoms. The number of amides is 1. The molecule has 0 N–H and O–H groups in total. The fourth-order valence-corrected chi connectivity index (χ4v) is 3.37. The van der Waals surface area contributed by atoms with E-state index in [1.54, 1.807) is 6.33 Å². The van der Waals surface area contributed by atoms with Gasteiger partial charge < -0.3 is 9.47 Å². The van der Waals surface area contributed by atoms with Crippen molar-refractivity contribution in [2.24, 2.45) is 0 Å². The van der Waals surface area contributed by atoms with Gasteiger partial charge in [0.05, 0.1) is 17.4 Å². The van der Waals surface area contributed by atoms with Crippen LogP contribution in [-0.4, -0.2) is 33.4 Å². The van der Waals surface area contributed by atoms with Gasteiger partial charge in [-0.2, -0.15) is 0 Å². The highest BCUT2D eigenvalue weighted by atomic mass is 16.2. The van der Waals surface area contributed by atoms with Crippen LogP contribution in [0.5, 0.6) is 0 Å². The summed E-state index contributed by atoms with van der Waals surface area (Å²) in [7, 11) is 0. The SMILES string of the molecule is O=C(Cn1cnc2ccccc21)N1CC[C@H](c2ccccc2)C1. The lowest BCUT2D eigenvalue weighted by Crippen LogP contribution is -2.31. The molecule has 1 aliphatic rings. The Balaban J connectivity index is 1.46. The van der Waals surface area contributed by atoms with Crippen molar-refractivity contribution in [3.8, 4) is 0 Å². The third kappa shape index (κ3) is 2.72. The molecule has 0 aliphatic carbocycles. The van der Waals surface area contributed by atoms with E-state index < -0.39 is 0 Å². The summed E-state index contributed by atoms with van der Waals surface area (Å²) in [5.74, 6) is 0.631. The van der Waals surface area contributed by atoms with Crippen LogP contribution in [0.3, 0.4) is 0 Å². The number of imidazole rings is 1. The van der Waals surface area contributed by atoms with E-state index in [9.17, 15) is 4.79 Å². The minimum absolute atomic E-state index is 0.173. The summed E-state index contributed by atoms with van der Waals surface area (Å²) < 4.78 is 1.94. The molecule has 4 rings (SSSR count). The maximum atomic E-state index is 12.6. The highest BCUT2D eigenvalue weighted by Crippen LogP contribution is 2.27. The molecule has 0 unspecified atom stereocenters. The minimum atomic E-state index is 0.173. The summed E-state index contributed by atoms with van der Waals surface area (Å²) in [5.41, 5.74) is 3.28. The first kappa shape index (κ1) is 14.0. The number of carbonyl (C=O) groups excluding carboxylic acids is 1. The summed E-state index contributed by atoms with van der Waals surface area (Å²) in [5, 5.41) is 0. The Bertz CT molecular complexity index is 825. The molecule has 2 heterocycles. The van der Waals surface area contributed by atoms with E-state index in [-0.39, 0.29) is 5.91 Å². The third-order valence-electron chi connectivity index (χ3n) is 4.64. The number of hydrogen-bond donors (Lipinski definition) is 0. The van der Waals surface area contributed by atoms with Gasteiger partial charge in [0.1, 0.15) is 6.54 Å². The van der Waals surface area contributed by atoms with Gasteiger partial charge in [0, 0.05) is 19.0 Å². The highest BCUT2D eigenvalue weighted by Gasteiger charge is 2.27. The second-order valence-electron chi connectivity index (χ2n) is 6.10. The van der Waals surface area contributed by atoms with Gasteiger partial charge in [-0.25, -0.2) is 4.98 Å². The molecule has 2 aromatic carbocycles. The first-order chi connectivity index (χ1) is 11.3. The zero-order chi connectivity index (χ0) is 15.6. The maximum Gasteiger partial charge on any atom is 0.242 e. The molecule has 3 aromatic rings. The van der Waals surface area contributed by atoms with Crippen molar-refractivity contribution in [2.75, 3.05) is 13.1 Å². The van der Waals surface area contributed by atoms with Crippen LogP contribution in [0.2, 0.25) is 0 Å². The average Bonchev–Trinajstić information content (AvgIpc) is 3.24. The number of rotatable bonds is 3. The van der Waals surface area contributed by atoms with E-state index in [2.05, 4.69) is 29.2 Å². The Morgan fingerprint density at radius 3 is 2.74 bits per heavy atom. The Hall–Kier alpha value is -2.62. The quantitative estimate of drug-likeness (QED) is 0.746. The van der Waals surface area contributed by atoms with Crippen molar-refractivity contribution in [1.29, 1.82) is 0 Å². The maximum absolute atomic E-state index is 12.6. The number of carbonyl (C=O) groups is 1. The van der Waals surface area contributed by atoms with Crippen LogP contribution in [0.1, 0.15) is 17.9 Å². The van der Waals surface area contributed by atoms with Crippen LogP contribution in [0, 0.1) is 0 Å². The number of hydrogen-bond acceptors (Lipinski definition) is 2. The monoisotopic (exact) mass is 305 g/mol. The summed E-state index contributed by atoms with van der Waals surface area (Å²) >= 11 is 0. The zero-order valence-corrected chi connectivity index (χ0v) is 12.9. The van der Waals surface area contributed by atoms with Gasteiger partial charge in [0.2, 0.25) is 5.91 Å². The first-order valence-electron chi connectivity index (χ1n) is 8.04. The smallest absolute Gasteiger partial charge is 0.242 e. The van der Waals surface area contributed by atoms with Gasteiger partial charge in [-0.3, -0.25) is 4.79 Å². The van der Waals surface area contributed by atoms with E-state index in [0.717, 1.165) is 30.5 Å². The number of nitrogens with zero attached hydrogens (tertiary/aromatic N) is 3. The summed E-state index contributed by atoms with van der Waals surface area (Å²) in [6, 6.07) is 18.4. The van der Waals surface area contributed by atoms with Gasteiger partial charge in [-0.15, -0.1) is 0 Å². The average molecular weight is 305 g/mol. The number of para-hydroxylation sites is 2. The Morgan fingerprint density at radius 1 is 1.09 bits per heavy atom. The fourth-order valence-electron chi connectivity index (χ4n) is 3.37. The van der Waals surface area contributed by atoms with Crippen LogP contribution in [0.15, 0.2) is 60.9 Å². The second kappa shape index (κ2) is 5.88. The normalized spacial score (nSPS) is 17.7. The molecule has 1 amide bonds. The topological polar surface area (TPSA) is 38.1 Å². The van der Waals surface area contributed by atoms with Crippen molar-refractivity contribution in [3.63, 3.8) is 0 Å². The molecule has 116 valence electrons. The van der Waals surface area contributed by atoms with Gasteiger partial charge >= 0.3 is 0 Å². The summed E-state index contributed by atoms with van der Waals surface area (Å²) in [4.78, 5) is 18.9. The van der Waals surface area contributed by atoms with E-state index in [1.165, 1.54) is 5.56 Å². The zero-order valence-electron chi connectivity index (χ0n) is 12.9. The molecule has 1 atom stereocenters. The molecule has 1 aromatic heterocycles. The second-order valence-corrected chi connectivity index (χ2v) is 6.10. The van der Waals surface area contributed by atoms with E-state index >= 15 is 0 Å². The van der Waals surface area contributed by atoms with Crippen LogP contribution >= 0.6 is 0 Å². The van der Waals surface area contributed by atoms with Gasteiger partial charge in [0.15, 0.2) is 0 Å². The Labute approximate surface area is 135 Å². The summed E-state index contributed by atoms with van der Waals surface area (Å²) in [6.45, 7) is 2.02. The number of fused-ring (bicyclic) bond motifs is 1. The molecular formula is C19H19N3O. The Morgan fingerprint density at radius 2 is 1.87 bits per heavy atom. The van der Waals surface area contributed by atoms with E-state index in [1.807, 2.05) is 39.8 Å². The fraction of sp³-hybridized carbons (Fsp3) is 0.263. The van der Waals surface area contributed by atoms with Gasteiger partial charge in [-0.1, -0.05) is 42.5 Å². The third-order valence-corrected chi connectivity index (χ3v) is 4.64. The van der Waals surface area contributed by atoms with Gasteiger partial charge in [0.25, 0.3) is 0 Å². The molecule has 23 heavy (non-hydrogen) atoms. The molecule has 1 aliphatic heterocycles. The lowest BCUT2D eigenvalue weighted by molar-refractivity contribution is -0.130. The Kier molecular flexibility index (Phi) is 3.58. The molecule has 0 saturated carbocycles. The highest BCUT2D eigenvalue weighted by molar-refractivity contribution is 5.80. The van der Waals surface area contributed by atoms with Crippen LogP contribution in [0.25, 0.3) is 11.0 Å². The number of likely N-dealkylation sites (tertiary alicyclic amines) is 1. The standard InChI is InChI=1S/C19H19N3O/c23-19(13-22-14-20-17-8-4-5-9-18(17)22)21-11-10-16(12-21)15-6-2-1-3-7-15/h1-9,14,16H,10-13H2/t16-/m0/s1. The molecule has 0 spiro atoms. The predicted octanol–water partition coefficient (Wildman–Crippen LogP) is 3.05. The molecule has 4 nitrogen and oxygen atoms in total. The van der Waals surface area contributed by atoms with Crippen LogP contribution in [-0.2, 0) is 11.3 Å². The van der Waals surface area contributed by atoms with Crippen molar-refractivity contribution in [2.45, 2.75) is 18.9 Å². The lowest BCUT2D eigenvalue weighted by atomic mass is 9.99. The summed E-state index contributed by atoms with van der Waals surface area (Å²) in [6.07, 6.45) is 2.80. The van der Waals surface area contributed by atoms with E-state index in [0.29, 0.717) is 12.5 Å². The first-order valence-corrected chi connectivity index (χ1v) is 8.04. The molecule has 1 fully saturated rings. The van der Waals surface area contributed by atoms with Crippen molar-refractivity contribution in [3.05, 3.63) is 66.5 Å². The number of aromatic nitrogens is 2. The molecule has 0 radical (unpaired) electrons. The molecule has 1 saturated heterocycles. The number of benzene rings is 2. The largest absolute Gasteiger partial charge is 0.341 e. The minimum Gasteiger partial charge on any atom is -0.341 e. The van der Waals surface area contributed by atoms with Crippen LogP contribution < -0.4 is 0 Å². The lowest BCUT2D eigenvalue weighted by Gasteiger charge is -2.17. The predicted molar refractivity (Wildman–Crippen MR) is 90.1 cm³/mol. The van der Waals surface area contributed by atoms with Crippen molar-refractivity contribution in [1.82, 2.24) is 14.5 Å². The molecule has 4 heteroatoms. The molecular weight excluding hydrogens is 286 g/mol. The van der Waals surface area contributed by atoms with Gasteiger partial charge in [-0.05, 0) is 24.1 Å². The van der Waals surface area contributed by atoms with Crippen LogP contribution in [0.4, 0.5) is 0 Å². The van der Waals surface area contributed by atoms with Crippen molar-refractivity contribution >= 4 is 16.9 Å². The van der Waals surface area contributed by atoms with E-state index in [4.69, 9.17) is 0 Å². The van der Waals surface area contributed by atoms with Crippen molar-refractivity contribution < 1.29 is 4.79 Å².